The van der Waals surface area contributed by atoms with Gasteiger partial charge in [-0.1, -0.05) is 12.1 Å². The number of aliphatic hydroxyl groups is 1. The maximum atomic E-state index is 8.95. The Balaban J connectivity index is 2.05. The quantitative estimate of drug-likeness (QED) is 0.841. The fraction of sp³-hybridized carbons (Fsp3) is 0.600. The van der Waals surface area contributed by atoms with Gasteiger partial charge in [-0.15, -0.1) is 0 Å². The lowest BCUT2D eigenvalue weighted by atomic mass is 10.1. The Morgan fingerprint density at radius 2 is 2.11 bits per heavy atom. The Labute approximate surface area is 110 Å². The molecule has 1 aromatic rings. The Morgan fingerprint density at radius 3 is 2.72 bits per heavy atom. The first kappa shape index (κ1) is 13.4. The second-order valence-corrected chi connectivity index (χ2v) is 5.24. The van der Waals surface area contributed by atoms with Crippen molar-refractivity contribution in [1.82, 2.24) is 0 Å². The van der Waals surface area contributed by atoms with Gasteiger partial charge in [0.05, 0.1) is 0 Å². The van der Waals surface area contributed by atoms with Crippen LogP contribution in [0.15, 0.2) is 24.3 Å². The first-order valence-corrected chi connectivity index (χ1v) is 6.95. The molecule has 0 radical (unpaired) electrons. The number of hydrogen-bond donors (Lipinski definition) is 2. The molecule has 2 atom stereocenters. The number of rotatable bonds is 5. The average Bonchev–Trinajstić information content (AvgIpc) is 2.84. The third kappa shape index (κ3) is 3.03. The predicted molar refractivity (Wildman–Crippen MR) is 75.7 cm³/mol. The molecule has 100 valence electrons. The minimum Gasteiger partial charge on any atom is -0.396 e. The molecule has 3 nitrogen and oxygen atoms in total. The SMILES string of the molecule is CC(N)c1ccc(N2CCCC2CCCO)cc1. The van der Waals surface area contributed by atoms with E-state index < -0.39 is 0 Å². The number of aliphatic hydroxyl groups excluding tert-OH is 1. The van der Waals surface area contributed by atoms with Crippen molar-refractivity contribution in [2.75, 3.05) is 18.1 Å². The molecule has 0 aliphatic carbocycles. The number of anilines is 1. The fourth-order valence-corrected chi connectivity index (χ4v) is 2.77. The summed E-state index contributed by atoms with van der Waals surface area (Å²) < 4.78 is 0. The van der Waals surface area contributed by atoms with Gasteiger partial charge < -0.3 is 15.7 Å². The maximum absolute atomic E-state index is 8.95. The Kier molecular flexibility index (Phi) is 4.61. The second-order valence-electron chi connectivity index (χ2n) is 5.24. The summed E-state index contributed by atoms with van der Waals surface area (Å²) in [6.45, 7) is 3.44. The van der Waals surface area contributed by atoms with Gasteiger partial charge in [-0.3, -0.25) is 0 Å². The third-order valence-corrected chi connectivity index (χ3v) is 3.82. The summed E-state index contributed by atoms with van der Waals surface area (Å²) in [6, 6.07) is 9.30. The van der Waals surface area contributed by atoms with Crippen molar-refractivity contribution >= 4 is 5.69 Å². The van der Waals surface area contributed by atoms with Crippen molar-refractivity contribution in [2.45, 2.75) is 44.7 Å². The van der Waals surface area contributed by atoms with E-state index in [1.807, 2.05) is 6.92 Å². The summed E-state index contributed by atoms with van der Waals surface area (Å²) in [4.78, 5) is 2.47. The van der Waals surface area contributed by atoms with Crippen LogP contribution in [0.3, 0.4) is 0 Å². The van der Waals surface area contributed by atoms with Crippen LogP contribution in [0.5, 0.6) is 0 Å². The highest BCUT2D eigenvalue weighted by Crippen LogP contribution is 2.28. The Morgan fingerprint density at radius 1 is 1.39 bits per heavy atom. The van der Waals surface area contributed by atoms with Crippen molar-refractivity contribution in [1.29, 1.82) is 0 Å². The summed E-state index contributed by atoms with van der Waals surface area (Å²) >= 11 is 0. The van der Waals surface area contributed by atoms with Crippen molar-refractivity contribution in [3.8, 4) is 0 Å². The van der Waals surface area contributed by atoms with Gasteiger partial charge in [-0.05, 0) is 50.3 Å². The summed E-state index contributed by atoms with van der Waals surface area (Å²) in [5, 5.41) is 8.95. The van der Waals surface area contributed by atoms with E-state index in [1.165, 1.54) is 24.1 Å². The molecule has 0 saturated carbocycles. The molecule has 2 rings (SSSR count). The Hall–Kier alpha value is -1.06. The van der Waals surface area contributed by atoms with Gasteiger partial charge >= 0.3 is 0 Å². The average molecular weight is 248 g/mol. The molecule has 0 spiro atoms. The molecule has 2 unspecified atom stereocenters. The zero-order chi connectivity index (χ0) is 13.0. The van der Waals surface area contributed by atoms with Crippen molar-refractivity contribution < 1.29 is 5.11 Å². The first-order chi connectivity index (χ1) is 8.72. The standard InChI is InChI=1S/C15H24N2O/c1-12(16)13-6-8-15(9-7-13)17-10-2-4-14(17)5-3-11-18/h6-9,12,14,18H,2-5,10-11,16H2,1H3. The van der Waals surface area contributed by atoms with Gasteiger partial charge in [0.15, 0.2) is 0 Å². The van der Waals surface area contributed by atoms with Crippen LogP contribution in [0.1, 0.15) is 44.2 Å². The van der Waals surface area contributed by atoms with Crippen molar-refractivity contribution in [3.05, 3.63) is 29.8 Å². The monoisotopic (exact) mass is 248 g/mol. The largest absolute Gasteiger partial charge is 0.396 e. The molecule has 3 N–H and O–H groups in total. The highest BCUT2D eigenvalue weighted by atomic mass is 16.2. The summed E-state index contributed by atoms with van der Waals surface area (Å²) in [5.74, 6) is 0. The molecule has 1 fully saturated rings. The van der Waals surface area contributed by atoms with E-state index in [0.29, 0.717) is 12.6 Å². The van der Waals surface area contributed by atoms with E-state index in [1.54, 1.807) is 0 Å². The lowest BCUT2D eigenvalue weighted by Crippen LogP contribution is -2.29. The Bertz CT molecular complexity index is 361. The minimum atomic E-state index is 0.0998. The predicted octanol–water partition coefficient (Wildman–Crippen LogP) is 2.45. The van der Waals surface area contributed by atoms with Crippen LogP contribution in [0.2, 0.25) is 0 Å². The van der Waals surface area contributed by atoms with Crippen LogP contribution < -0.4 is 10.6 Å². The van der Waals surface area contributed by atoms with Crippen LogP contribution in [0.4, 0.5) is 5.69 Å². The van der Waals surface area contributed by atoms with E-state index in [9.17, 15) is 0 Å². The lowest BCUT2D eigenvalue weighted by molar-refractivity contribution is 0.279. The summed E-state index contributed by atoms with van der Waals surface area (Å²) in [6.07, 6.45) is 4.49. The number of benzene rings is 1. The highest BCUT2D eigenvalue weighted by molar-refractivity contribution is 5.49. The smallest absolute Gasteiger partial charge is 0.0431 e. The van der Waals surface area contributed by atoms with Gasteiger partial charge in [0, 0.05) is 30.9 Å². The zero-order valence-corrected chi connectivity index (χ0v) is 11.2. The molecule has 1 heterocycles. The molecule has 1 saturated heterocycles. The number of hydrogen-bond acceptors (Lipinski definition) is 3. The summed E-state index contributed by atoms with van der Waals surface area (Å²) in [7, 11) is 0. The molecular formula is C15H24N2O. The van der Waals surface area contributed by atoms with Crippen LogP contribution in [0, 0.1) is 0 Å². The fourth-order valence-electron chi connectivity index (χ4n) is 2.77. The first-order valence-electron chi connectivity index (χ1n) is 6.95. The molecule has 1 aliphatic heterocycles. The normalized spacial score (nSPS) is 21.3. The van der Waals surface area contributed by atoms with Gasteiger partial charge in [-0.25, -0.2) is 0 Å². The minimum absolute atomic E-state index is 0.0998. The van der Waals surface area contributed by atoms with E-state index in [-0.39, 0.29) is 6.04 Å². The molecule has 3 heteroatoms. The van der Waals surface area contributed by atoms with Crippen molar-refractivity contribution in [3.63, 3.8) is 0 Å². The molecule has 1 aromatic carbocycles. The van der Waals surface area contributed by atoms with E-state index in [0.717, 1.165) is 19.4 Å². The van der Waals surface area contributed by atoms with Gasteiger partial charge in [0.2, 0.25) is 0 Å². The number of nitrogens with two attached hydrogens (primary N) is 1. The van der Waals surface area contributed by atoms with E-state index >= 15 is 0 Å². The zero-order valence-electron chi connectivity index (χ0n) is 11.2. The second kappa shape index (κ2) is 6.21. The van der Waals surface area contributed by atoms with E-state index in [4.69, 9.17) is 10.8 Å². The molecule has 18 heavy (non-hydrogen) atoms. The highest BCUT2D eigenvalue weighted by Gasteiger charge is 2.23. The van der Waals surface area contributed by atoms with Crippen LogP contribution in [-0.2, 0) is 0 Å². The molecular weight excluding hydrogens is 224 g/mol. The number of nitrogens with zero attached hydrogens (tertiary/aromatic N) is 1. The molecule has 1 aliphatic rings. The van der Waals surface area contributed by atoms with Gasteiger partial charge in [0.25, 0.3) is 0 Å². The summed E-state index contributed by atoms with van der Waals surface area (Å²) in [5.41, 5.74) is 8.35. The molecule has 0 bridgehead atoms. The van der Waals surface area contributed by atoms with Gasteiger partial charge in [-0.2, -0.15) is 0 Å². The van der Waals surface area contributed by atoms with Crippen LogP contribution in [-0.4, -0.2) is 24.3 Å². The lowest BCUT2D eigenvalue weighted by Gasteiger charge is -2.27. The van der Waals surface area contributed by atoms with Gasteiger partial charge in [0.1, 0.15) is 0 Å². The molecule has 0 aromatic heterocycles. The third-order valence-electron chi connectivity index (χ3n) is 3.82. The van der Waals surface area contributed by atoms with Crippen LogP contribution in [0.25, 0.3) is 0 Å². The molecule has 0 amide bonds. The van der Waals surface area contributed by atoms with Crippen molar-refractivity contribution in [2.24, 2.45) is 5.73 Å². The van der Waals surface area contributed by atoms with Crippen LogP contribution >= 0.6 is 0 Å². The maximum Gasteiger partial charge on any atom is 0.0431 e. The topological polar surface area (TPSA) is 49.5 Å². The van der Waals surface area contributed by atoms with E-state index in [2.05, 4.69) is 29.2 Å².